The number of hydrogen-bond acceptors (Lipinski definition) is 5. The van der Waals surface area contributed by atoms with Crippen molar-refractivity contribution in [3.05, 3.63) is 71.6 Å². The fourth-order valence-electron chi connectivity index (χ4n) is 3.63. The highest BCUT2D eigenvalue weighted by Crippen LogP contribution is 2.38. The van der Waals surface area contributed by atoms with E-state index in [-0.39, 0.29) is 5.91 Å². The van der Waals surface area contributed by atoms with Gasteiger partial charge in [0.2, 0.25) is 11.8 Å². The van der Waals surface area contributed by atoms with E-state index >= 15 is 0 Å². The lowest BCUT2D eigenvalue weighted by Gasteiger charge is -2.17. The third-order valence-electron chi connectivity index (χ3n) is 5.25. The van der Waals surface area contributed by atoms with Gasteiger partial charge in [0.25, 0.3) is 5.22 Å². The first kappa shape index (κ1) is 19.7. The van der Waals surface area contributed by atoms with Crippen LogP contribution in [0.1, 0.15) is 60.3 Å². The van der Waals surface area contributed by atoms with Crippen molar-refractivity contribution in [1.29, 1.82) is 0 Å². The van der Waals surface area contributed by atoms with Gasteiger partial charge >= 0.3 is 0 Å². The number of anilines is 1. The maximum absolute atomic E-state index is 13.1. The third-order valence-corrected chi connectivity index (χ3v) is 6.34. The van der Waals surface area contributed by atoms with Gasteiger partial charge in [-0.15, -0.1) is 10.2 Å². The van der Waals surface area contributed by atoms with Gasteiger partial charge in [-0.2, -0.15) is 0 Å². The van der Waals surface area contributed by atoms with Crippen molar-refractivity contribution < 1.29 is 9.21 Å². The van der Waals surface area contributed by atoms with Crippen LogP contribution in [0.3, 0.4) is 0 Å². The predicted molar refractivity (Wildman–Crippen MR) is 115 cm³/mol. The van der Waals surface area contributed by atoms with Gasteiger partial charge in [-0.25, -0.2) is 0 Å². The normalized spacial score (nSPS) is 15.8. The summed E-state index contributed by atoms with van der Waals surface area (Å²) in [5.41, 5.74) is 2.83. The Kier molecular flexibility index (Phi) is 6.30. The van der Waals surface area contributed by atoms with Crippen molar-refractivity contribution >= 4 is 23.4 Å². The molecule has 0 spiro atoms. The van der Waals surface area contributed by atoms with Gasteiger partial charge in [0.15, 0.2) is 0 Å². The SMILES string of the molecule is Cc1ccc(NC(=O)C(Sc2nnc(C3CCCCC3)o2)c2ccccc2)cc1. The highest BCUT2D eigenvalue weighted by atomic mass is 32.2. The number of rotatable bonds is 6. The van der Waals surface area contributed by atoms with Crippen LogP contribution in [0.25, 0.3) is 0 Å². The summed E-state index contributed by atoms with van der Waals surface area (Å²) in [6.45, 7) is 2.02. The first-order chi connectivity index (χ1) is 14.2. The summed E-state index contributed by atoms with van der Waals surface area (Å²) in [7, 11) is 0. The van der Waals surface area contributed by atoms with E-state index in [0.29, 0.717) is 17.0 Å². The zero-order valence-electron chi connectivity index (χ0n) is 16.5. The van der Waals surface area contributed by atoms with Crippen molar-refractivity contribution in [2.75, 3.05) is 5.32 Å². The minimum Gasteiger partial charge on any atom is -0.416 e. The second-order valence-electron chi connectivity index (χ2n) is 7.50. The quantitative estimate of drug-likeness (QED) is 0.515. The zero-order chi connectivity index (χ0) is 20.1. The van der Waals surface area contributed by atoms with Crippen LogP contribution in [0.5, 0.6) is 0 Å². The molecule has 1 atom stereocenters. The Morgan fingerprint density at radius 2 is 1.76 bits per heavy atom. The smallest absolute Gasteiger partial charge is 0.277 e. The van der Waals surface area contributed by atoms with Gasteiger partial charge in [-0.1, -0.05) is 67.3 Å². The number of hydrogen-bond donors (Lipinski definition) is 1. The van der Waals surface area contributed by atoms with Gasteiger partial charge in [-0.05, 0) is 49.2 Å². The molecule has 0 aliphatic heterocycles. The zero-order valence-corrected chi connectivity index (χ0v) is 17.3. The third kappa shape index (κ3) is 5.07. The molecule has 1 aliphatic carbocycles. The molecule has 1 aliphatic rings. The molecule has 1 unspecified atom stereocenters. The van der Waals surface area contributed by atoms with Gasteiger partial charge in [0.05, 0.1) is 0 Å². The Morgan fingerprint density at radius 1 is 1.03 bits per heavy atom. The maximum atomic E-state index is 13.1. The molecule has 0 bridgehead atoms. The molecule has 1 saturated carbocycles. The Balaban J connectivity index is 1.52. The molecular weight excluding hydrogens is 382 g/mol. The molecule has 1 heterocycles. The Labute approximate surface area is 175 Å². The summed E-state index contributed by atoms with van der Waals surface area (Å²) in [6, 6.07) is 17.5. The molecule has 3 aromatic rings. The van der Waals surface area contributed by atoms with E-state index in [1.54, 1.807) is 0 Å². The number of carbonyl (C=O) groups excluding carboxylic acids is 1. The fourth-order valence-corrected chi connectivity index (χ4v) is 4.51. The Bertz CT molecular complexity index is 934. The Morgan fingerprint density at radius 3 is 2.48 bits per heavy atom. The summed E-state index contributed by atoms with van der Waals surface area (Å²) < 4.78 is 5.95. The number of benzene rings is 2. The molecule has 1 aromatic heterocycles. The molecule has 4 rings (SSSR count). The van der Waals surface area contributed by atoms with E-state index in [1.165, 1.54) is 31.0 Å². The maximum Gasteiger partial charge on any atom is 0.277 e. The monoisotopic (exact) mass is 407 g/mol. The standard InChI is InChI=1S/C23H25N3O2S/c1-16-12-14-19(15-13-16)24-21(27)20(17-8-4-2-5-9-17)29-23-26-25-22(28-23)18-10-6-3-7-11-18/h2,4-5,8-9,12-15,18,20H,3,6-7,10-11H2,1H3,(H,24,27). The first-order valence-electron chi connectivity index (χ1n) is 10.1. The van der Waals surface area contributed by atoms with Crippen molar-refractivity contribution in [2.24, 2.45) is 0 Å². The van der Waals surface area contributed by atoms with E-state index in [2.05, 4.69) is 15.5 Å². The molecule has 29 heavy (non-hydrogen) atoms. The van der Waals surface area contributed by atoms with Crippen molar-refractivity contribution in [3.8, 4) is 0 Å². The lowest BCUT2D eigenvalue weighted by Crippen LogP contribution is -2.19. The highest BCUT2D eigenvalue weighted by Gasteiger charge is 2.27. The van der Waals surface area contributed by atoms with Crippen LogP contribution in [0.4, 0.5) is 5.69 Å². The molecule has 6 heteroatoms. The number of nitrogens with one attached hydrogen (secondary N) is 1. The summed E-state index contributed by atoms with van der Waals surface area (Å²) >= 11 is 1.30. The molecule has 2 aromatic carbocycles. The van der Waals surface area contributed by atoms with Crippen molar-refractivity contribution in [2.45, 2.75) is 55.4 Å². The number of thioether (sulfide) groups is 1. The van der Waals surface area contributed by atoms with Crippen LogP contribution in [0, 0.1) is 6.92 Å². The summed E-state index contributed by atoms with van der Waals surface area (Å²) in [4.78, 5) is 13.1. The number of amides is 1. The lowest BCUT2D eigenvalue weighted by atomic mass is 9.89. The largest absolute Gasteiger partial charge is 0.416 e. The van der Waals surface area contributed by atoms with Gasteiger partial charge in [0, 0.05) is 11.6 Å². The van der Waals surface area contributed by atoms with E-state index in [0.717, 1.165) is 29.7 Å². The van der Waals surface area contributed by atoms with Crippen LogP contribution in [0.2, 0.25) is 0 Å². The van der Waals surface area contributed by atoms with Crippen molar-refractivity contribution in [1.82, 2.24) is 10.2 Å². The molecule has 0 radical (unpaired) electrons. The minimum atomic E-state index is -0.475. The Hall–Kier alpha value is -2.60. The summed E-state index contributed by atoms with van der Waals surface area (Å²) in [5.74, 6) is 0.947. The van der Waals surface area contributed by atoms with Crippen LogP contribution in [0.15, 0.2) is 64.2 Å². The molecule has 1 fully saturated rings. The minimum absolute atomic E-state index is 0.109. The van der Waals surface area contributed by atoms with Crippen LogP contribution < -0.4 is 5.32 Å². The molecule has 0 saturated heterocycles. The molecule has 1 N–H and O–H groups in total. The highest BCUT2D eigenvalue weighted by molar-refractivity contribution is 8.00. The van der Waals surface area contributed by atoms with Gasteiger partial charge < -0.3 is 9.73 Å². The second kappa shape index (κ2) is 9.27. The fraction of sp³-hybridized carbons (Fsp3) is 0.348. The average Bonchev–Trinajstić information content (AvgIpc) is 3.24. The van der Waals surface area contributed by atoms with Gasteiger partial charge in [-0.3, -0.25) is 4.79 Å². The average molecular weight is 408 g/mol. The summed E-state index contributed by atoms with van der Waals surface area (Å²) in [6.07, 6.45) is 5.90. The van der Waals surface area contributed by atoms with Crippen LogP contribution >= 0.6 is 11.8 Å². The lowest BCUT2D eigenvalue weighted by molar-refractivity contribution is -0.115. The first-order valence-corrected chi connectivity index (χ1v) is 11.0. The topological polar surface area (TPSA) is 68.0 Å². The van der Waals surface area contributed by atoms with Crippen LogP contribution in [-0.4, -0.2) is 16.1 Å². The van der Waals surface area contributed by atoms with E-state index in [1.807, 2.05) is 61.5 Å². The number of aryl methyl sites for hydroxylation is 1. The van der Waals surface area contributed by atoms with E-state index in [9.17, 15) is 4.79 Å². The molecule has 5 nitrogen and oxygen atoms in total. The molecular formula is C23H25N3O2S. The number of carbonyl (C=O) groups is 1. The number of aromatic nitrogens is 2. The molecule has 1 amide bonds. The van der Waals surface area contributed by atoms with E-state index < -0.39 is 5.25 Å². The summed E-state index contributed by atoms with van der Waals surface area (Å²) in [5, 5.41) is 11.5. The number of nitrogens with zero attached hydrogens (tertiary/aromatic N) is 2. The predicted octanol–water partition coefficient (Wildman–Crippen LogP) is 5.90. The van der Waals surface area contributed by atoms with Crippen LogP contribution in [-0.2, 0) is 4.79 Å². The second-order valence-corrected chi connectivity index (χ2v) is 8.56. The van der Waals surface area contributed by atoms with Gasteiger partial charge in [0.1, 0.15) is 5.25 Å². The van der Waals surface area contributed by atoms with Crippen molar-refractivity contribution in [3.63, 3.8) is 0 Å². The van der Waals surface area contributed by atoms with E-state index in [4.69, 9.17) is 4.42 Å². The molecule has 150 valence electrons.